The van der Waals surface area contributed by atoms with Crippen molar-refractivity contribution < 1.29 is 27.6 Å². The number of nitrogens with one attached hydrogen (secondary N) is 1. The van der Waals surface area contributed by atoms with Crippen molar-refractivity contribution >= 4 is 17.7 Å². The molecule has 0 spiro atoms. The molecule has 2 heterocycles. The van der Waals surface area contributed by atoms with E-state index in [0.717, 1.165) is 13.8 Å². The number of nitrogens with zero attached hydrogens (tertiary/aromatic N) is 1. The van der Waals surface area contributed by atoms with Crippen LogP contribution < -0.4 is 5.32 Å². The minimum absolute atomic E-state index is 0.126. The molecule has 1 atom stereocenters. The van der Waals surface area contributed by atoms with Gasteiger partial charge in [-0.25, -0.2) is 0 Å². The molecule has 5 nitrogen and oxygen atoms in total. The third-order valence-electron chi connectivity index (χ3n) is 6.19. The summed E-state index contributed by atoms with van der Waals surface area (Å²) >= 11 is 0. The van der Waals surface area contributed by atoms with Gasteiger partial charge >= 0.3 is 6.18 Å². The average molecular weight is 430 g/mol. The summed E-state index contributed by atoms with van der Waals surface area (Å²) in [5.41, 5.74) is 0.406. The largest absolute Gasteiger partial charge is 0.397 e. The lowest BCUT2D eigenvalue weighted by atomic mass is 9.82. The normalized spacial score (nSPS) is 19.5. The highest BCUT2D eigenvalue weighted by Gasteiger charge is 2.48. The van der Waals surface area contributed by atoms with Gasteiger partial charge < -0.3 is 4.90 Å². The van der Waals surface area contributed by atoms with E-state index in [1.807, 2.05) is 0 Å². The summed E-state index contributed by atoms with van der Waals surface area (Å²) in [5, 5.41) is 2.26. The van der Waals surface area contributed by atoms with E-state index in [9.17, 15) is 27.6 Å². The molecule has 8 heteroatoms. The van der Waals surface area contributed by atoms with Crippen LogP contribution in [0, 0.1) is 0 Å². The number of piperidine rings is 1. The number of halogens is 3. The second-order valence-electron chi connectivity index (χ2n) is 8.44. The van der Waals surface area contributed by atoms with Crippen LogP contribution in [0.4, 0.5) is 13.2 Å². The van der Waals surface area contributed by atoms with Gasteiger partial charge in [-0.3, -0.25) is 19.7 Å². The standard InChI is InChI=1S/C23H21F3N2O3/c1-22(2,23(24,25)26)14-6-3-5-13(11-14)15-7-4-8-16-17(15)12-28(21(16)31)18-9-10-19(29)27-20(18)30/h3-8,11,18H,9-10,12H2,1-2H3,(H,27,29,30). The third kappa shape index (κ3) is 3.49. The van der Waals surface area contributed by atoms with Crippen LogP contribution >= 0.6 is 0 Å². The van der Waals surface area contributed by atoms with Crippen LogP contribution in [0.3, 0.4) is 0 Å². The zero-order chi connectivity index (χ0) is 22.6. The molecule has 3 amide bonds. The van der Waals surface area contributed by atoms with Gasteiger partial charge in [-0.15, -0.1) is 0 Å². The number of hydrogen-bond donors (Lipinski definition) is 1. The molecule has 0 aromatic heterocycles. The summed E-state index contributed by atoms with van der Waals surface area (Å²) in [6.45, 7) is 2.43. The van der Waals surface area contributed by atoms with E-state index < -0.39 is 23.5 Å². The van der Waals surface area contributed by atoms with E-state index in [4.69, 9.17) is 0 Å². The summed E-state index contributed by atoms with van der Waals surface area (Å²) in [4.78, 5) is 38.1. The van der Waals surface area contributed by atoms with Gasteiger partial charge in [0.15, 0.2) is 0 Å². The number of carbonyl (C=O) groups is 3. The van der Waals surface area contributed by atoms with Gasteiger partial charge in [0.2, 0.25) is 11.8 Å². The number of imide groups is 1. The topological polar surface area (TPSA) is 66.5 Å². The van der Waals surface area contributed by atoms with Gasteiger partial charge in [0.1, 0.15) is 6.04 Å². The fourth-order valence-electron chi connectivity index (χ4n) is 4.10. The molecule has 2 aromatic rings. The smallest absolute Gasteiger partial charge is 0.322 e. The Hall–Kier alpha value is -3.16. The first-order valence-corrected chi connectivity index (χ1v) is 9.95. The van der Waals surface area contributed by atoms with Crippen molar-refractivity contribution in [2.45, 2.75) is 50.9 Å². The summed E-state index contributed by atoms with van der Waals surface area (Å²) in [5.74, 6) is -1.19. The molecule has 2 aromatic carbocycles. The van der Waals surface area contributed by atoms with Gasteiger partial charge in [0.25, 0.3) is 5.91 Å². The van der Waals surface area contributed by atoms with Crippen LogP contribution in [0.15, 0.2) is 42.5 Å². The summed E-state index contributed by atoms with van der Waals surface area (Å²) < 4.78 is 40.6. The quantitative estimate of drug-likeness (QED) is 0.750. The Kier molecular flexibility index (Phi) is 4.91. The Morgan fingerprint density at radius 2 is 1.68 bits per heavy atom. The van der Waals surface area contributed by atoms with Crippen molar-refractivity contribution in [2.75, 3.05) is 0 Å². The van der Waals surface area contributed by atoms with Crippen LogP contribution in [0.5, 0.6) is 0 Å². The second kappa shape index (κ2) is 7.21. The van der Waals surface area contributed by atoms with Gasteiger partial charge in [0, 0.05) is 18.5 Å². The molecule has 0 radical (unpaired) electrons. The predicted octanol–water partition coefficient (Wildman–Crippen LogP) is 3.95. The number of alkyl halides is 3. The number of amides is 3. The lowest BCUT2D eigenvalue weighted by Crippen LogP contribution is -2.52. The Balaban J connectivity index is 1.71. The first kappa shape index (κ1) is 21.1. The van der Waals surface area contributed by atoms with Crippen molar-refractivity contribution in [3.8, 4) is 11.1 Å². The van der Waals surface area contributed by atoms with Crippen LogP contribution in [0.2, 0.25) is 0 Å². The maximum absolute atomic E-state index is 13.5. The molecule has 31 heavy (non-hydrogen) atoms. The molecule has 2 aliphatic rings. The lowest BCUT2D eigenvalue weighted by Gasteiger charge is -2.29. The van der Waals surface area contributed by atoms with E-state index in [2.05, 4.69) is 5.32 Å². The van der Waals surface area contributed by atoms with Gasteiger partial charge in [0.05, 0.1) is 5.41 Å². The summed E-state index contributed by atoms with van der Waals surface area (Å²) in [7, 11) is 0. The molecule has 162 valence electrons. The molecule has 4 rings (SSSR count). The number of benzene rings is 2. The van der Waals surface area contributed by atoms with E-state index >= 15 is 0 Å². The molecular formula is C23H21F3N2O3. The number of carbonyl (C=O) groups excluding carboxylic acids is 3. The Morgan fingerprint density at radius 1 is 1.00 bits per heavy atom. The number of rotatable bonds is 3. The molecule has 1 saturated heterocycles. The Labute approximate surface area is 177 Å². The first-order valence-electron chi connectivity index (χ1n) is 9.95. The SMILES string of the molecule is CC(C)(c1cccc(-c2cccc3c2CN(C2CCC(=O)NC2=O)C3=O)c1)C(F)(F)F. The molecule has 1 fully saturated rings. The molecule has 0 aliphatic carbocycles. The molecule has 0 bridgehead atoms. The predicted molar refractivity (Wildman–Crippen MR) is 107 cm³/mol. The summed E-state index contributed by atoms with van der Waals surface area (Å²) in [6, 6.07) is 10.6. The molecule has 2 aliphatic heterocycles. The second-order valence-corrected chi connectivity index (χ2v) is 8.44. The van der Waals surface area contributed by atoms with Gasteiger partial charge in [-0.1, -0.05) is 36.4 Å². The van der Waals surface area contributed by atoms with Crippen molar-refractivity contribution in [1.82, 2.24) is 10.2 Å². The van der Waals surface area contributed by atoms with Crippen molar-refractivity contribution in [3.05, 3.63) is 59.2 Å². The maximum Gasteiger partial charge on any atom is 0.397 e. The van der Waals surface area contributed by atoms with Gasteiger partial charge in [-0.2, -0.15) is 13.2 Å². The van der Waals surface area contributed by atoms with E-state index in [0.29, 0.717) is 22.3 Å². The van der Waals surface area contributed by atoms with Gasteiger partial charge in [-0.05, 0) is 48.6 Å². The number of fused-ring (bicyclic) bond motifs is 1. The lowest BCUT2D eigenvalue weighted by molar-refractivity contribution is -0.180. The minimum Gasteiger partial charge on any atom is -0.322 e. The molecule has 0 saturated carbocycles. The third-order valence-corrected chi connectivity index (χ3v) is 6.19. The van der Waals surface area contributed by atoms with E-state index in [-0.39, 0.29) is 36.8 Å². The maximum atomic E-state index is 13.5. The highest BCUT2D eigenvalue weighted by molar-refractivity contribution is 6.06. The summed E-state index contributed by atoms with van der Waals surface area (Å²) in [6.07, 6.45) is -4.02. The fraction of sp³-hybridized carbons (Fsp3) is 0.348. The van der Waals surface area contributed by atoms with Crippen molar-refractivity contribution in [1.29, 1.82) is 0 Å². The molecular weight excluding hydrogens is 409 g/mol. The molecule has 1 N–H and O–H groups in total. The van der Waals surface area contributed by atoms with Crippen LogP contribution in [0.1, 0.15) is 48.2 Å². The zero-order valence-electron chi connectivity index (χ0n) is 17.0. The van der Waals surface area contributed by atoms with Crippen molar-refractivity contribution in [2.24, 2.45) is 0 Å². The highest BCUT2D eigenvalue weighted by atomic mass is 19.4. The number of hydrogen-bond acceptors (Lipinski definition) is 3. The molecule has 1 unspecified atom stereocenters. The fourth-order valence-corrected chi connectivity index (χ4v) is 4.10. The van der Waals surface area contributed by atoms with E-state index in [1.165, 1.54) is 17.0 Å². The van der Waals surface area contributed by atoms with E-state index in [1.54, 1.807) is 30.3 Å². The monoisotopic (exact) mass is 430 g/mol. The minimum atomic E-state index is -4.41. The highest BCUT2D eigenvalue weighted by Crippen LogP contribution is 2.42. The van der Waals surface area contributed by atoms with Crippen LogP contribution in [-0.2, 0) is 21.5 Å². The Morgan fingerprint density at radius 3 is 2.35 bits per heavy atom. The van der Waals surface area contributed by atoms with Crippen LogP contribution in [0.25, 0.3) is 11.1 Å². The average Bonchev–Trinajstić information content (AvgIpc) is 3.04. The zero-order valence-corrected chi connectivity index (χ0v) is 17.0. The van der Waals surface area contributed by atoms with Crippen molar-refractivity contribution in [3.63, 3.8) is 0 Å². The first-order chi connectivity index (χ1) is 14.5. The van der Waals surface area contributed by atoms with Crippen LogP contribution in [-0.4, -0.2) is 34.8 Å². The Bertz CT molecular complexity index is 1090.